The minimum absolute atomic E-state index is 0.167. The third-order valence-corrected chi connectivity index (χ3v) is 4.31. The van der Waals surface area contributed by atoms with Gasteiger partial charge >= 0.3 is 0 Å². The van der Waals surface area contributed by atoms with Crippen molar-refractivity contribution in [3.05, 3.63) is 22.7 Å². The van der Waals surface area contributed by atoms with Crippen LogP contribution < -0.4 is 9.46 Å². The highest BCUT2D eigenvalue weighted by Gasteiger charge is 2.20. The Bertz CT molecular complexity index is 526. The summed E-state index contributed by atoms with van der Waals surface area (Å²) in [6.45, 7) is 7.58. The van der Waals surface area contributed by atoms with Gasteiger partial charge in [0.15, 0.2) is 0 Å². The van der Waals surface area contributed by atoms with E-state index in [2.05, 4.69) is 4.72 Å². The molecular weight excluding hydrogens is 274 g/mol. The summed E-state index contributed by atoms with van der Waals surface area (Å²) in [4.78, 5) is 0.185. The Kier molecular flexibility index (Phi) is 5.01. The average molecular weight is 292 g/mol. The SMILES string of the molecule is CCOc1cc(C)c(S(=O)(=O)NC(C)C)cc1Cl. The van der Waals surface area contributed by atoms with Crippen molar-refractivity contribution in [1.82, 2.24) is 4.72 Å². The second-order valence-corrected chi connectivity index (χ2v) is 6.35. The molecule has 0 spiro atoms. The third kappa shape index (κ3) is 3.60. The van der Waals surface area contributed by atoms with E-state index in [9.17, 15) is 8.42 Å². The van der Waals surface area contributed by atoms with Gasteiger partial charge in [0.1, 0.15) is 5.75 Å². The number of hydrogen-bond donors (Lipinski definition) is 1. The summed E-state index contributed by atoms with van der Waals surface area (Å²) < 4.78 is 32.0. The standard InChI is InChI=1S/C12H18ClNO3S/c1-5-17-11-6-9(4)12(7-10(11)13)18(15,16)14-8(2)3/h6-8,14H,5H2,1-4H3. The highest BCUT2D eigenvalue weighted by atomic mass is 35.5. The second-order valence-electron chi connectivity index (χ2n) is 4.26. The zero-order valence-electron chi connectivity index (χ0n) is 11.0. The molecule has 4 nitrogen and oxygen atoms in total. The maximum absolute atomic E-state index is 12.1. The van der Waals surface area contributed by atoms with Gasteiger partial charge in [-0.1, -0.05) is 11.6 Å². The molecule has 1 rings (SSSR count). The van der Waals surface area contributed by atoms with Gasteiger partial charge in [0, 0.05) is 6.04 Å². The van der Waals surface area contributed by atoms with Crippen molar-refractivity contribution in [1.29, 1.82) is 0 Å². The molecule has 18 heavy (non-hydrogen) atoms. The van der Waals surface area contributed by atoms with Gasteiger partial charge in [-0.25, -0.2) is 13.1 Å². The Morgan fingerprint density at radius 3 is 2.50 bits per heavy atom. The highest BCUT2D eigenvalue weighted by Crippen LogP contribution is 2.30. The van der Waals surface area contributed by atoms with Crippen LogP contribution in [0.15, 0.2) is 17.0 Å². The van der Waals surface area contributed by atoms with Crippen LogP contribution in [0.25, 0.3) is 0 Å². The fourth-order valence-electron chi connectivity index (χ4n) is 1.57. The molecule has 1 aromatic carbocycles. The van der Waals surface area contributed by atoms with E-state index in [1.165, 1.54) is 6.07 Å². The topological polar surface area (TPSA) is 55.4 Å². The van der Waals surface area contributed by atoms with E-state index < -0.39 is 10.0 Å². The molecule has 6 heteroatoms. The lowest BCUT2D eigenvalue weighted by atomic mass is 10.2. The average Bonchev–Trinajstić information content (AvgIpc) is 2.21. The maximum atomic E-state index is 12.1. The van der Waals surface area contributed by atoms with Crippen molar-refractivity contribution in [2.24, 2.45) is 0 Å². The normalized spacial score (nSPS) is 11.9. The summed E-state index contributed by atoms with van der Waals surface area (Å²) >= 11 is 6.01. The molecule has 0 aromatic heterocycles. The Morgan fingerprint density at radius 2 is 2.00 bits per heavy atom. The van der Waals surface area contributed by atoms with E-state index in [0.29, 0.717) is 22.9 Å². The molecule has 0 amide bonds. The number of halogens is 1. The van der Waals surface area contributed by atoms with Gasteiger partial charge in [0.25, 0.3) is 0 Å². The number of benzene rings is 1. The summed E-state index contributed by atoms with van der Waals surface area (Å²) in [6.07, 6.45) is 0. The zero-order chi connectivity index (χ0) is 13.9. The predicted molar refractivity (Wildman–Crippen MR) is 72.8 cm³/mol. The van der Waals surface area contributed by atoms with Gasteiger partial charge in [0.2, 0.25) is 10.0 Å². The first-order chi connectivity index (χ1) is 8.27. The van der Waals surface area contributed by atoms with E-state index in [4.69, 9.17) is 16.3 Å². The zero-order valence-corrected chi connectivity index (χ0v) is 12.5. The summed E-state index contributed by atoms with van der Waals surface area (Å²) in [5.41, 5.74) is 0.607. The first kappa shape index (κ1) is 15.3. The Labute approximate surface area is 113 Å². The maximum Gasteiger partial charge on any atom is 0.241 e. The van der Waals surface area contributed by atoms with Crippen molar-refractivity contribution in [2.45, 2.75) is 38.6 Å². The van der Waals surface area contributed by atoms with Gasteiger partial charge in [0.05, 0.1) is 16.5 Å². The summed E-state index contributed by atoms with van der Waals surface area (Å²) in [7, 11) is -3.53. The van der Waals surface area contributed by atoms with E-state index >= 15 is 0 Å². The number of nitrogens with one attached hydrogen (secondary N) is 1. The molecule has 0 saturated carbocycles. The molecular formula is C12H18ClNO3S. The minimum atomic E-state index is -3.53. The fourth-order valence-corrected chi connectivity index (χ4v) is 3.35. The van der Waals surface area contributed by atoms with Gasteiger partial charge < -0.3 is 4.74 Å². The molecule has 0 radical (unpaired) electrons. The molecule has 0 heterocycles. The first-order valence-corrected chi connectivity index (χ1v) is 7.59. The molecule has 102 valence electrons. The molecule has 0 aliphatic carbocycles. The monoisotopic (exact) mass is 291 g/mol. The van der Waals surface area contributed by atoms with Crippen molar-refractivity contribution in [3.8, 4) is 5.75 Å². The molecule has 0 aliphatic rings. The third-order valence-electron chi connectivity index (χ3n) is 2.21. The number of hydrogen-bond acceptors (Lipinski definition) is 3. The van der Waals surface area contributed by atoms with E-state index in [-0.39, 0.29) is 10.9 Å². The van der Waals surface area contributed by atoms with Gasteiger partial charge in [-0.15, -0.1) is 0 Å². The summed E-state index contributed by atoms with van der Waals surface area (Å²) in [5, 5.41) is 0.298. The fraction of sp³-hybridized carbons (Fsp3) is 0.500. The van der Waals surface area contributed by atoms with Crippen LogP contribution in [0.1, 0.15) is 26.3 Å². The van der Waals surface area contributed by atoms with Crippen LogP contribution in [0, 0.1) is 6.92 Å². The van der Waals surface area contributed by atoms with Crippen LogP contribution >= 0.6 is 11.6 Å². The first-order valence-electron chi connectivity index (χ1n) is 5.73. The molecule has 0 unspecified atom stereocenters. The summed E-state index contributed by atoms with van der Waals surface area (Å²) in [5.74, 6) is 0.500. The van der Waals surface area contributed by atoms with Crippen LogP contribution in [-0.4, -0.2) is 21.1 Å². The highest BCUT2D eigenvalue weighted by molar-refractivity contribution is 7.89. The van der Waals surface area contributed by atoms with Crippen LogP contribution in [0.5, 0.6) is 5.75 Å². The number of ether oxygens (including phenoxy) is 1. The van der Waals surface area contributed by atoms with E-state index in [0.717, 1.165) is 0 Å². The van der Waals surface area contributed by atoms with Crippen molar-refractivity contribution >= 4 is 21.6 Å². The van der Waals surface area contributed by atoms with Gasteiger partial charge in [-0.3, -0.25) is 0 Å². The van der Waals surface area contributed by atoms with Crippen LogP contribution in [-0.2, 0) is 10.0 Å². The minimum Gasteiger partial charge on any atom is -0.492 e. The molecule has 0 aliphatic heterocycles. The van der Waals surface area contributed by atoms with Crippen LogP contribution in [0.4, 0.5) is 0 Å². The van der Waals surface area contributed by atoms with Crippen molar-refractivity contribution < 1.29 is 13.2 Å². The Hall–Kier alpha value is -0.780. The molecule has 1 aromatic rings. The lowest BCUT2D eigenvalue weighted by Crippen LogP contribution is -2.30. The second kappa shape index (κ2) is 5.91. The molecule has 0 atom stereocenters. The molecule has 0 bridgehead atoms. The van der Waals surface area contributed by atoms with Crippen molar-refractivity contribution in [2.75, 3.05) is 6.61 Å². The smallest absolute Gasteiger partial charge is 0.241 e. The number of rotatable bonds is 5. The Balaban J connectivity index is 3.23. The molecule has 0 saturated heterocycles. The van der Waals surface area contributed by atoms with Gasteiger partial charge in [-0.05, 0) is 45.4 Å². The lowest BCUT2D eigenvalue weighted by molar-refractivity contribution is 0.340. The van der Waals surface area contributed by atoms with Crippen LogP contribution in [0.3, 0.4) is 0 Å². The van der Waals surface area contributed by atoms with E-state index in [1.807, 2.05) is 6.92 Å². The number of aryl methyl sites for hydroxylation is 1. The largest absolute Gasteiger partial charge is 0.492 e. The summed E-state index contributed by atoms with van der Waals surface area (Å²) in [6, 6.07) is 2.90. The Morgan fingerprint density at radius 1 is 1.39 bits per heavy atom. The lowest BCUT2D eigenvalue weighted by Gasteiger charge is -2.14. The molecule has 1 N–H and O–H groups in total. The predicted octanol–water partition coefficient (Wildman–Crippen LogP) is 2.73. The quantitative estimate of drug-likeness (QED) is 0.907. The van der Waals surface area contributed by atoms with Crippen molar-refractivity contribution in [3.63, 3.8) is 0 Å². The number of sulfonamides is 1. The van der Waals surface area contributed by atoms with Gasteiger partial charge in [-0.2, -0.15) is 0 Å². The van der Waals surface area contributed by atoms with E-state index in [1.54, 1.807) is 26.8 Å². The van der Waals surface area contributed by atoms with Crippen LogP contribution in [0.2, 0.25) is 5.02 Å². The molecule has 0 fully saturated rings.